The second-order valence-electron chi connectivity index (χ2n) is 21.0. The second-order valence-corrected chi connectivity index (χ2v) is 21.0. The van der Waals surface area contributed by atoms with Gasteiger partial charge in [-0.1, -0.05) is 203 Å². The fourth-order valence-corrected chi connectivity index (χ4v) is 11.5. The molecular formula is C72H52N4. The average Bonchev–Trinajstić information content (AvgIpc) is 4.00. The van der Waals surface area contributed by atoms with E-state index < -0.39 is 0 Å². The molecule has 0 aliphatic carbocycles. The Kier molecular flexibility index (Phi) is 10.7. The fraction of sp³-hybridized carbons (Fsp3) is 0.0556. The fourth-order valence-electron chi connectivity index (χ4n) is 11.5. The van der Waals surface area contributed by atoms with E-state index in [2.05, 4.69) is 291 Å². The van der Waals surface area contributed by atoms with Crippen molar-refractivity contribution in [2.45, 2.75) is 26.2 Å². The third-order valence-electron chi connectivity index (χ3n) is 15.3. The highest BCUT2D eigenvalue weighted by Crippen LogP contribution is 2.42. The summed E-state index contributed by atoms with van der Waals surface area (Å²) in [7, 11) is 0. The van der Waals surface area contributed by atoms with Gasteiger partial charge in [0.25, 0.3) is 0 Å². The summed E-state index contributed by atoms with van der Waals surface area (Å²) in [6.45, 7) is 6.75. The first-order valence-electron chi connectivity index (χ1n) is 26.2. The maximum absolute atomic E-state index is 5.60. The lowest BCUT2D eigenvalue weighted by Crippen LogP contribution is -2.13. The highest BCUT2D eigenvalue weighted by atomic mass is 15.0. The quantitative estimate of drug-likeness (QED) is 0.152. The van der Waals surface area contributed by atoms with Crippen LogP contribution in [0.4, 0.5) is 0 Å². The largest absolute Gasteiger partial charge is 0.309 e. The summed E-state index contributed by atoms with van der Waals surface area (Å²) < 4.78 is 4.81. The van der Waals surface area contributed by atoms with Crippen LogP contribution in [0.5, 0.6) is 0 Å². The lowest BCUT2D eigenvalue weighted by atomic mass is 9.86. The lowest BCUT2D eigenvalue weighted by Gasteiger charge is -2.21. The van der Waals surface area contributed by atoms with Gasteiger partial charge in [0.15, 0.2) is 0 Å². The average molecular weight is 973 g/mol. The Morgan fingerprint density at radius 3 is 0.921 bits per heavy atom. The minimum atomic E-state index is -0.137. The van der Waals surface area contributed by atoms with Crippen LogP contribution in [0, 0.1) is 0 Å². The van der Waals surface area contributed by atoms with Crippen LogP contribution < -0.4 is 0 Å². The summed E-state index contributed by atoms with van der Waals surface area (Å²) in [5.74, 6) is 0. The molecule has 0 bridgehead atoms. The van der Waals surface area contributed by atoms with Gasteiger partial charge in [0.1, 0.15) is 0 Å². The number of benzene rings is 11. The molecule has 0 amide bonds. The van der Waals surface area contributed by atoms with Crippen LogP contribution in [0.3, 0.4) is 0 Å². The molecule has 0 spiro atoms. The van der Waals surface area contributed by atoms with Crippen molar-refractivity contribution in [3.63, 3.8) is 0 Å². The Morgan fingerprint density at radius 1 is 0.276 bits per heavy atom. The van der Waals surface area contributed by atoms with Gasteiger partial charge in [-0.15, -0.1) is 0 Å². The van der Waals surface area contributed by atoms with Gasteiger partial charge in [0, 0.05) is 44.0 Å². The Balaban J connectivity index is 0.902. The Bertz CT molecular complexity index is 4300. The molecule has 0 unspecified atom stereocenters. The van der Waals surface area contributed by atoms with E-state index >= 15 is 0 Å². The van der Waals surface area contributed by atoms with Gasteiger partial charge >= 0.3 is 0 Å². The van der Waals surface area contributed by atoms with Crippen LogP contribution in [0.2, 0.25) is 0 Å². The normalized spacial score (nSPS) is 11.9. The molecule has 4 heteroatoms. The topological polar surface area (TPSA) is 35.6 Å². The molecule has 0 N–H and O–H groups in total. The van der Waals surface area contributed by atoms with Gasteiger partial charge in [-0.05, 0) is 134 Å². The van der Waals surface area contributed by atoms with Crippen molar-refractivity contribution in [3.05, 3.63) is 266 Å². The molecule has 0 fully saturated rings. The highest BCUT2D eigenvalue weighted by molar-refractivity contribution is 6.13. The molecule has 0 atom stereocenters. The Morgan fingerprint density at radius 2 is 0.592 bits per heavy atom. The third-order valence-corrected chi connectivity index (χ3v) is 15.3. The Hall–Kier alpha value is -9.64. The molecule has 0 saturated heterocycles. The van der Waals surface area contributed by atoms with Crippen LogP contribution in [0.15, 0.2) is 261 Å². The number of rotatable bonds is 8. The third kappa shape index (κ3) is 7.77. The maximum Gasteiger partial charge on any atom is 0.0973 e. The first-order chi connectivity index (χ1) is 37.3. The number of hydrogen-bond donors (Lipinski definition) is 0. The molecule has 0 aliphatic heterocycles. The zero-order chi connectivity index (χ0) is 50.9. The van der Waals surface area contributed by atoms with E-state index in [9.17, 15) is 0 Å². The minimum absolute atomic E-state index is 0.137. The molecule has 11 aromatic carbocycles. The van der Waals surface area contributed by atoms with Gasteiger partial charge in [0.05, 0.1) is 44.5 Å². The molecule has 3 heterocycles. The van der Waals surface area contributed by atoms with E-state index in [-0.39, 0.29) is 5.41 Å². The van der Waals surface area contributed by atoms with E-state index in [1.807, 2.05) is 0 Å². The molecule has 0 saturated carbocycles. The van der Waals surface area contributed by atoms with Crippen LogP contribution in [-0.2, 0) is 5.41 Å². The second kappa shape index (κ2) is 18.1. The van der Waals surface area contributed by atoms with Crippen LogP contribution in [0.1, 0.15) is 26.3 Å². The minimum Gasteiger partial charge on any atom is -0.309 e. The number of fused-ring (bicyclic) bond motifs is 7. The first-order valence-corrected chi connectivity index (χ1v) is 26.2. The lowest BCUT2D eigenvalue weighted by molar-refractivity contribution is 0.594. The maximum atomic E-state index is 5.60. The van der Waals surface area contributed by atoms with Crippen molar-refractivity contribution < 1.29 is 0 Å². The van der Waals surface area contributed by atoms with Crippen molar-refractivity contribution in [2.24, 2.45) is 0 Å². The van der Waals surface area contributed by atoms with Crippen molar-refractivity contribution in [1.29, 1.82) is 0 Å². The highest BCUT2D eigenvalue weighted by Gasteiger charge is 2.23. The molecule has 4 nitrogen and oxygen atoms in total. The van der Waals surface area contributed by atoms with Gasteiger partial charge in [-0.2, -0.15) is 0 Å². The number of aromatic nitrogens is 4. The van der Waals surface area contributed by atoms with E-state index in [0.717, 1.165) is 67.0 Å². The van der Waals surface area contributed by atoms with Crippen LogP contribution in [-0.4, -0.2) is 19.1 Å². The standard InChI is InChI=1S/C72H52N4/c1-72(2,3)63-25-16-26-64-71(63)74-70(52-29-37-58(38-30-52)76-67-41-33-55(49-21-12-6-13-22-49)45-61(67)62-46-56(34-42-68(62)76)50-23-14-7-15-24-50)69(73-64)51-27-35-57(36-28-51)75-65-39-31-53(47-17-8-4-9-18-47)43-59(65)60-44-54(32-40-66(60)75)48-19-10-5-11-20-48/h4-46H,1-3H3. The summed E-state index contributed by atoms with van der Waals surface area (Å²) in [5, 5.41) is 4.87. The zero-order valence-electron chi connectivity index (χ0n) is 42.6. The molecule has 14 aromatic rings. The van der Waals surface area contributed by atoms with Crippen LogP contribution in [0.25, 0.3) is 133 Å². The monoisotopic (exact) mass is 972 g/mol. The van der Waals surface area contributed by atoms with Gasteiger partial charge < -0.3 is 9.13 Å². The number of hydrogen-bond acceptors (Lipinski definition) is 2. The summed E-state index contributed by atoms with van der Waals surface area (Å²) in [4.78, 5) is 11.1. The summed E-state index contributed by atoms with van der Waals surface area (Å²) in [5.41, 5.74) is 22.9. The van der Waals surface area contributed by atoms with Crippen molar-refractivity contribution >= 4 is 54.6 Å². The van der Waals surface area contributed by atoms with Gasteiger partial charge in [-0.3, -0.25) is 0 Å². The molecule has 360 valence electrons. The molecule has 14 rings (SSSR count). The number of para-hydroxylation sites is 1. The smallest absolute Gasteiger partial charge is 0.0973 e. The molecule has 3 aromatic heterocycles. The van der Waals surface area contributed by atoms with Crippen molar-refractivity contribution in [2.75, 3.05) is 0 Å². The number of nitrogens with zero attached hydrogens (tertiary/aromatic N) is 4. The van der Waals surface area contributed by atoms with Gasteiger partial charge in [-0.25, -0.2) is 9.97 Å². The zero-order valence-corrected chi connectivity index (χ0v) is 42.6. The predicted octanol–water partition coefficient (Wildman–Crippen LogP) is 19.1. The molecule has 76 heavy (non-hydrogen) atoms. The van der Waals surface area contributed by atoms with E-state index in [1.165, 1.54) is 71.6 Å². The summed E-state index contributed by atoms with van der Waals surface area (Å²) >= 11 is 0. The summed E-state index contributed by atoms with van der Waals surface area (Å²) in [6.07, 6.45) is 0. The van der Waals surface area contributed by atoms with Crippen LogP contribution >= 0.6 is 0 Å². The van der Waals surface area contributed by atoms with E-state index in [4.69, 9.17) is 9.97 Å². The predicted molar refractivity (Wildman–Crippen MR) is 320 cm³/mol. The van der Waals surface area contributed by atoms with Crippen molar-refractivity contribution in [3.8, 4) is 78.4 Å². The van der Waals surface area contributed by atoms with Gasteiger partial charge in [0.2, 0.25) is 0 Å². The molecular weight excluding hydrogens is 921 g/mol. The molecule has 0 aliphatic rings. The summed E-state index contributed by atoms with van der Waals surface area (Å²) in [6, 6.07) is 94.4. The Labute approximate surface area is 442 Å². The van der Waals surface area contributed by atoms with E-state index in [0.29, 0.717) is 0 Å². The van der Waals surface area contributed by atoms with E-state index in [1.54, 1.807) is 0 Å². The van der Waals surface area contributed by atoms with Crippen molar-refractivity contribution in [1.82, 2.24) is 19.1 Å². The first kappa shape index (κ1) is 45.0. The SMILES string of the molecule is CC(C)(C)c1cccc2nc(-c3ccc(-n4c5ccc(-c6ccccc6)cc5c5cc(-c6ccccc6)ccc54)cc3)c(-c3ccc(-n4c5ccc(-c6ccccc6)cc5c5cc(-c6ccccc6)ccc54)cc3)nc12. The molecule has 0 radical (unpaired) electrons.